The van der Waals surface area contributed by atoms with E-state index in [1.165, 1.54) is 7.11 Å². The normalized spacial score (nSPS) is 11.7. The van der Waals surface area contributed by atoms with Crippen molar-refractivity contribution in [3.63, 3.8) is 0 Å². The summed E-state index contributed by atoms with van der Waals surface area (Å²) in [6.07, 6.45) is 0. The van der Waals surface area contributed by atoms with Crippen LogP contribution in [0.3, 0.4) is 0 Å². The molecule has 20 heavy (non-hydrogen) atoms. The first-order valence-electron chi connectivity index (χ1n) is 5.85. The maximum atomic E-state index is 12.3. The molecule has 0 amide bonds. The van der Waals surface area contributed by atoms with Gasteiger partial charge >= 0.3 is 0 Å². The van der Waals surface area contributed by atoms with E-state index in [-0.39, 0.29) is 0 Å². The largest absolute Gasteiger partial charge is 0.495 e. The molecule has 0 saturated heterocycles. The second kappa shape index (κ2) is 6.56. The van der Waals surface area contributed by atoms with Gasteiger partial charge in [0.1, 0.15) is 11.8 Å². The molecule has 0 heterocycles. The zero-order valence-electron chi connectivity index (χ0n) is 10.8. The van der Waals surface area contributed by atoms with Gasteiger partial charge in [0.25, 0.3) is 0 Å². The number of ether oxygens (including phenoxy) is 1. The molecule has 1 unspecified atom stereocenters. The van der Waals surface area contributed by atoms with Gasteiger partial charge in [0.2, 0.25) is 0 Å². The average molecular weight is 306 g/mol. The first-order valence-corrected chi connectivity index (χ1v) is 7.54. The van der Waals surface area contributed by atoms with E-state index in [9.17, 15) is 4.21 Å². The van der Waals surface area contributed by atoms with Gasteiger partial charge in [0.15, 0.2) is 0 Å². The lowest BCUT2D eigenvalue weighted by molar-refractivity contribution is 0.413. The Bertz CT molecular complexity index is 695. The molecule has 0 bridgehead atoms. The third-order valence-corrected chi connectivity index (χ3v) is 4.35. The highest BCUT2D eigenvalue weighted by molar-refractivity contribution is 7.84. The number of benzene rings is 2. The van der Waals surface area contributed by atoms with E-state index in [4.69, 9.17) is 21.6 Å². The lowest BCUT2D eigenvalue weighted by atomic mass is 10.1. The zero-order chi connectivity index (χ0) is 14.5. The molecule has 0 radical (unpaired) electrons. The first-order chi connectivity index (χ1) is 9.63. The molecular weight excluding hydrogens is 294 g/mol. The maximum Gasteiger partial charge on any atom is 0.136 e. The van der Waals surface area contributed by atoms with Crippen LogP contribution in [0.1, 0.15) is 11.1 Å². The number of nitrogens with zero attached hydrogens (tertiary/aromatic N) is 1. The van der Waals surface area contributed by atoms with Crippen LogP contribution in [0.4, 0.5) is 0 Å². The molecule has 0 fully saturated rings. The van der Waals surface area contributed by atoms with E-state index in [0.717, 1.165) is 5.56 Å². The van der Waals surface area contributed by atoms with E-state index in [1.54, 1.807) is 42.5 Å². The highest BCUT2D eigenvalue weighted by atomic mass is 35.5. The number of halogens is 1. The van der Waals surface area contributed by atoms with Crippen molar-refractivity contribution in [3.05, 3.63) is 58.6 Å². The minimum absolute atomic E-state index is 0.350. The molecule has 0 spiro atoms. The molecule has 0 aromatic heterocycles. The lowest BCUT2D eigenvalue weighted by Crippen LogP contribution is -1.98. The summed E-state index contributed by atoms with van der Waals surface area (Å²) in [5, 5.41) is 9.49. The van der Waals surface area contributed by atoms with E-state index < -0.39 is 10.8 Å². The van der Waals surface area contributed by atoms with Crippen LogP contribution >= 0.6 is 11.6 Å². The standard InChI is InChI=1S/C15H12ClNO2S/c1-19-15-7-11(5-6-12(15)9-17)10-20(18)14-4-2-3-13(16)8-14/h2-8H,10H2,1H3. The minimum atomic E-state index is -1.19. The molecule has 0 aliphatic heterocycles. The van der Waals surface area contributed by atoms with Crippen molar-refractivity contribution in [2.45, 2.75) is 10.6 Å². The fraction of sp³-hybridized carbons (Fsp3) is 0.133. The topological polar surface area (TPSA) is 50.1 Å². The van der Waals surface area contributed by atoms with Gasteiger partial charge in [-0.1, -0.05) is 23.7 Å². The monoisotopic (exact) mass is 305 g/mol. The number of hydrogen-bond acceptors (Lipinski definition) is 3. The molecule has 2 aromatic carbocycles. The Hall–Kier alpha value is -1.83. The molecule has 102 valence electrons. The summed E-state index contributed by atoms with van der Waals surface area (Å²) in [6.45, 7) is 0. The predicted molar refractivity (Wildman–Crippen MR) is 79.3 cm³/mol. The summed E-state index contributed by atoms with van der Waals surface area (Å²) in [4.78, 5) is 0.681. The lowest BCUT2D eigenvalue weighted by Gasteiger charge is -2.07. The number of nitriles is 1. The van der Waals surface area contributed by atoms with Crippen molar-refractivity contribution < 1.29 is 8.95 Å². The molecule has 0 aliphatic rings. The Balaban J connectivity index is 2.22. The minimum Gasteiger partial charge on any atom is -0.495 e. The quantitative estimate of drug-likeness (QED) is 0.868. The third-order valence-electron chi connectivity index (χ3n) is 2.74. The van der Waals surface area contributed by atoms with Crippen LogP contribution in [-0.4, -0.2) is 11.3 Å². The van der Waals surface area contributed by atoms with Crippen molar-refractivity contribution >= 4 is 22.4 Å². The van der Waals surface area contributed by atoms with Gasteiger partial charge < -0.3 is 4.74 Å². The van der Waals surface area contributed by atoms with Crippen LogP contribution in [0.5, 0.6) is 5.75 Å². The Morgan fingerprint density at radius 2 is 2.10 bits per heavy atom. The van der Waals surface area contributed by atoms with Crippen LogP contribution in [-0.2, 0) is 16.6 Å². The van der Waals surface area contributed by atoms with Gasteiger partial charge in [0.05, 0.1) is 29.2 Å². The third kappa shape index (κ3) is 3.38. The highest BCUT2D eigenvalue weighted by Gasteiger charge is 2.09. The van der Waals surface area contributed by atoms with Gasteiger partial charge in [0, 0.05) is 9.92 Å². The Labute approximate surface area is 125 Å². The van der Waals surface area contributed by atoms with Crippen molar-refractivity contribution in [1.29, 1.82) is 5.26 Å². The summed E-state index contributed by atoms with van der Waals surface area (Å²) >= 11 is 5.89. The second-order valence-electron chi connectivity index (χ2n) is 4.09. The van der Waals surface area contributed by atoms with Crippen molar-refractivity contribution in [2.24, 2.45) is 0 Å². The van der Waals surface area contributed by atoms with Gasteiger partial charge in [-0.15, -0.1) is 0 Å². The average Bonchev–Trinajstić information content (AvgIpc) is 2.47. The SMILES string of the molecule is COc1cc(CS(=O)c2cccc(Cl)c2)ccc1C#N. The van der Waals surface area contributed by atoms with Gasteiger partial charge in [-0.3, -0.25) is 4.21 Å². The fourth-order valence-corrected chi connectivity index (χ4v) is 3.15. The van der Waals surface area contributed by atoms with Crippen LogP contribution in [0.2, 0.25) is 5.02 Å². The van der Waals surface area contributed by atoms with Crippen molar-refractivity contribution in [1.82, 2.24) is 0 Å². The smallest absolute Gasteiger partial charge is 0.136 e. The van der Waals surface area contributed by atoms with Crippen LogP contribution < -0.4 is 4.74 Å². The van der Waals surface area contributed by atoms with Crippen molar-refractivity contribution in [3.8, 4) is 11.8 Å². The van der Waals surface area contributed by atoms with Gasteiger partial charge in [-0.2, -0.15) is 5.26 Å². The Morgan fingerprint density at radius 1 is 1.30 bits per heavy atom. The molecule has 0 N–H and O–H groups in total. The molecular formula is C15H12ClNO2S. The van der Waals surface area contributed by atoms with Gasteiger partial charge in [-0.05, 0) is 35.9 Å². The molecule has 0 saturated carbocycles. The van der Waals surface area contributed by atoms with Crippen LogP contribution in [0.15, 0.2) is 47.4 Å². The number of methoxy groups -OCH3 is 1. The highest BCUT2D eigenvalue weighted by Crippen LogP contribution is 2.22. The molecule has 3 nitrogen and oxygen atoms in total. The Morgan fingerprint density at radius 3 is 2.75 bits per heavy atom. The van der Waals surface area contributed by atoms with Crippen LogP contribution in [0.25, 0.3) is 0 Å². The second-order valence-corrected chi connectivity index (χ2v) is 5.98. The summed E-state index contributed by atoms with van der Waals surface area (Å²) in [5.41, 5.74) is 1.31. The van der Waals surface area contributed by atoms with E-state index in [1.807, 2.05) is 6.07 Å². The van der Waals surface area contributed by atoms with E-state index in [2.05, 4.69) is 0 Å². The molecule has 1 atom stereocenters. The summed E-state index contributed by atoms with van der Waals surface area (Å²) in [5.74, 6) is 0.843. The molecule has 5 heteroatoms. The zero-order valence-corrected chi connectivity index (χ0v) is 12.4. The van der Waals surface area contributed by atoms with E-state index >= 15 is 0 Å². The predicted octanol–water partition coefficient (Wildman–Crippen LogP) is 3.53. The summed E-state index contributed by atoms with van der Waals surface area (Å²) in [7, 11) is 0.321. The molecule has 2 rings (SSSR count). The van der Waals surface area contributed by atoms with E-state index in [0.29, 0.717) is 27.0 Å². The number of rotatable bonds is 4. The van der Waals surface area contributed by atoms with Crippen LogP contribution in [0, 0.1) is 11.3 Å². The first kappa shape index (κ1) is 14.6. The summed E-state index contributed by atoms with van der Waals surface area (Å²) in [6, 6.07) is 14.2. The summed E-state index contributed by atoms with van der Waals surface area (Å²) < 4.78 is 17.4. The number of hydrogen-bond donors (Lipinski definition) is 0. The maximum absolute atomic E-state index is 12.3. The van der Waals surface area contributed by atoms with Crippen molar-refractivity contribution in [2.75, 3.05) is 7.11 Å². The van der Waals surface area contributed by atoms with Gasteiger partial charge in [-0.25, -0.2) is 0 Å². The molecule has 2 aromatic rings. The fourth-order valence-electron chi connectivity index (χ4n) is 1.76. The molecule has 0 aliphatic carbocycles. The Kier molecular flexibility index (Phi) is 4.78.